The summed E-state index contributed by atoms with van der Waals surface area (Å²) in [5.74, 6) is -1.23. The van der Waals surface area contributed by atoms with Gasteiger partial charge in [-0.05, 0) is 45.7 Å². The fourth-order valence-corrected chi connectivity index (χ4v) is 3.67. The van der Waals surface area contributed by atoms with E-state index in [1.54, 1.807) is 0 Å². The van der Waals surface area contributed by atoms with Crippen molar-refractivity contribution in [2.75, 3.05) is 4.90 Å². The van der Waals surface area contributed by atoms with Crippen LogP contribution in [0, 0.1) is 10.1 Å². The van der Waals surface area contributed by atoms with E-state index in [2.05, 4.69) is 0 Å². The normalized spacial score (nSPS) is 14.3. The molecule has 0 radical (unpaired) electrons. The Morgan fingerprint density at radius 3 is 1.97 bits per heavy atom. The van der Waals surface area contributed by atoms with Gasteiger partial charge in [-0.1, -0.05) is 41.5 Å². The summed E-state index contributed by atoms with van der Waals surface area (Å²) in [6, 6.07) is 7.58. The highest BCUT2D eigenvalue weighted by Gasteiger charge is 2.37. The summed E-state index contributed by atoms with van der Waals surface area (Å²) in [6.07, 6.45) is 0. The molecule has 0 spiro atoms. The van der Waals surface area contributed by atoms with Crippen molar-refractivity contribution in [2.24, 2.45) is 0 Å². The summed E-state index contributed by atoms with van der Waals surface area (Å²) in [5.41, 5.74) is 1.80. The van der Waals surface area contributed by atoms with E-state index in [-0.39, 0.29) is 34.4 Å². The predicted molar refractivity (Wildman–Crippen MR) is 114 cm³/mol. The average molecular weight is 410 g/mol. The van der Waals surface area contributed by atoms with Gasteiger partial charge in [0.15, 0.2) is 0 Å². The van der Waals surface area contributed by atoms with E-state index in [9.17, 15) is 24.8 Å². The Labute approximate surface area is 175 Å². The van der Waals surface area contributed by atoms with E-state index in [0.29, 0.717) is 5.69 Å². The summed E-state index contributed by atoms with van der Waals surface area (Å²) in [6.45, 7) is 12.1. The maximum absolute atomic E-state index is 12.6. The molecule has 30 heavy (non-hydrogen) atoms. The molecular weight excluding hydrogens is 384 g/mol. The molecule has 0 saturated heterocycles. The van der Waals surface area contributed by atoms with Gasteiger partial charge in [-0.3, -0.25) is 19.7 Å². The molecule has 0 fully saturated rings. The lowest BCUT2D eigenvalue weighted by Crippen LogP contribution is -2.29. The maximum atomic E-state index is 12.6. The number of aromatic hydroxyl groups is 1. The molecule has 0 aliphatic carbocycles. The topological polar surface area (TPSA) is 101 Å². The van der Waals surface area contributed by atoms with Crippen LogP contribution in [0.3, 0.4) is 0 Å². The van der Waals surface area contributed by atoms with Crippen LogP contribution in [0.25, 0.3) is 0 Å². The third-order valence-electron chi connectivity index (χ3n) is 5.29. The molecule has 1 aliphatic rings. The van der Waals surface area contributed by atoms with Crippen LogP contribution in [0.1, 0.15) is 68.6 Å². The second-order valence-corrected chi connectivity index (χ2v) is 9.72. The Hall–Kier alpha value is -3.22. The first kappa shape index (κ1) is 21.5. The Morgan fingerprint density at radius 2 is 1.50 bits per heavy atom. The van der Waals surface area contributed by atoms with Crippen molar-refractivity contribution in [1.82, 2.24) is 0 Å². The minimum atomic E-state index is -0.750. The molecule has 1 N–H and O–H groups in total. The number of carbonyl (C=O) groups excluding carboxylic acids is 2. The predicted octanol–water partition coefficient (Wildman–Crippen LogP) is 4.62. The zero-order chi connectivity index (χ0) is 22.6. The lowest BCUT2D eigenvalue weighted by atomic mass is 9.78. The van der Waals surface area contributed by atoms with E-state index in [1.165, 1.54) is 17.0 Å². The number of phenols is 1. The lowest BCUT2D eigenvalue weighted by Gasteiger charge is -2.29. The van der Waals surface area contributed by atoms with E-state index >= 15 is 0 Å². The average Bonchev–Trinajstić information content (AvgIpc) is 2.85. The SMILES string of the molecule is CC(C)(C)c1cc(CN2C(=O)C(=O)c3cc([N+](=O)[O-])ccc32)cc(C(C)(C)C)c1O. The number of hydrogen-bond acceptors (Lipinski definition) is 5. The highest BCUT2D eigenvalue weighted by molar-refractivity contribution is 6.52. The van der Waals surface area contributed by atoms with Crippen LogP contribution in [-0.2, 0) is 22.2 Å². The number of nitrogens with zero attached hydrogens (tertiary/aromatic N) is 2. The second kappa shape index (κ2) is 6.93. The summed E-state index contributed by atoms with van der Waals surface area (Å²) in [4.78, 5) is 36.8. The largest absolute Gasteiger partial charge is 0.507 e. The van der Waals surface area contributed by atoms with Crippen molar-refractivity contribution >= 4 is 23.1 Å². The van der Waals surface area contributed by atoms with E-state index in [4.69, 9.17) is 0 Å². The number of non-ortho nitro benzene ring substituents is 1. The fourth-order valence-electron chi connectivity index (χ4n) is 3.67. The molecule has 3 rings (SSSR count). The number of hydrogen-bond donors (Lipinski definition) is 1. The first-order valence-corrected chi connectivity index (χ1v) is 9.73. The minimum Gasteiger partial charge on any atom is -0.507 e. The van der Waals surface area contributed by atoms with Gasteiger partial charge in [-0.15, -0.1) is 0 Å². The smallest absolute Gasteiger partial charge is 0.299 e. The van der Waals surface area contributed by atoms with Gasteiger partial charge in [0, 0.05) is 12.1 Å². The highest BCUT2D eigenvalue weighted by Crippen LogP contribution is 2.41. The number of benzene rings is 2. The summed E-state index contributed by atoms with van der Waals surface area (Å²) >= 11 is 0. The molecule has 0 bridgehead atoms. The van der Waals surface area contributed by atoms with Crippen LogP contribution in [0.5, 0.6) is 5.75 Å². The molecule has 0 atom stereocenters. The number of Topliss-reactive ketones (excluding diaryl/α,β-unsaturated/α-hetero) is 1. The number of anilines is 1. The second-order valence-electron chi connectivity index (χ2n) is 9.72. The van der Waals surface area contributed by atoms with Gasteiger partial charge in [0.1, 0.15) is 5.75 Å². The zero-order valence-electron chi connectivity index (χ0n) is 18.1. The Bertz CT molecular complexity index is 1040. The quantitative estimate of drug-likeness (QED) is 0.452. The van der Waals surface area contributed by atoms with Gasteiger partial charge in [-0.2, -0.15) is 0 Å². The first-order valence-electron chi connectivity index (χ1n) is 9.73. The van der Waals surface area contributed by atoms with Crippen molar-refractivity contribution in [1.29, 1.82) is 0 Å². The number of fused-ring (bicyclic) bond motifs is 1. The Kier molecular flexibility index (Phi) is 4.97. The minimum absolute atomic E-state index is 0.0417. The molecule has 0 saturated carbocycles. The molecule has 1 aliphatic heterocycles. The Morgan fingerprint density at radius 1 is 0.967 bits per heavy atom. The van der Waals surface area contributed by atoms with E-state index < -0.39 is 16.6 Å². The number of phenolic OH excluding ortho intramolecular Hbond substituents is 1. The third kappa shape index (κ3) is 3.67. The molecule has 0 unspecified atom stereocenters. The van der Waals surface area contributed by atoms with Gasteiger partial charge in [0.2, 0.25) is 0 Å². The van der Waals surface area contributed by atoms with Crippen molar-refractivity contribution in [3.8, 4) is 5.75 Å². The molecular formula is C23H26N2O5. The van der Waals surface area contributed by atoms with Crippen molar-refractivity contribution < 1.29 is 19.6 Å². The fraction of sp³-hybridized carbons (Fsp3) is 0.391. The number of nitro groups is 1. The molecule has 7 nitrogen and oxygen atoms in total. The van der Waals surface area contributed by atoms with Crippen LogP contribution < -0.4 is 4.90 Å². The molecule has 0 aromatic heterocycles. The van der Waals surface area contributed by atoms with Gasteiger partial charge in [0.25, 0.3) is 17.4 Å². The number of ketones is 1. The van der Waals surface area contributed by atoms with Crippen LogP contribution in [0.15, 0.2) is 30.3 Å². The first-order chi connectivity index (χ1) is 13.7. The lowest BCUT2D eigenvalue weighted by molar-refractivity contribution is -0.384. The molecule has 1 heterocycles. The zero-order valence-corrected chi connectivity index (χ0v) is 18.1. The summed E-state index contributed by atoms with van der Waals surface area (Å²) in [7, 11) is 0. The van der Waals surface area contributed by atoms with E-state index in [1.807, 2.05) is 53.7 Å². The molecule has 158 valence electrons. The number of nitro benzene ring substituents is 1. The highest BCUT2D eigenvalue weighted by atomic mass is 16.6. The van der Waals surface area contributed by atoms with Crippen LogP contribution in [-0.4, -0.2) is 21.7 Å². The van der Waals surface area contributed by atoms with Crippen LogP contribution in [0.2, 0.25) is 0 Å². The number of rotatable bonds is 3. The van der Waals surface area contributed by atoms with Crippen molar-refractivity contribution in [3.63, 3.8) is 0 Å². The van der Waals surface area contributed by atoms with Crippen molar-refractivity contribution in [3.05, 3.63) is 62.7 Å². The standard InChI is InChI=1S/C23H26N2O5/c1-22(2,3)16-9-13(10-17(20(16)27)23(4,5)6)12-24-18-8-7-14(25(29)30)11-15(18)19(26)21(24)28/h7-11,27H,12H2,1-6H3. The van der Waals surface area contributed by atoms with E-state index in [0.717, 1.165) is 22.8 Å². The van der Waals surface area contributed by atoms with Gasteiger partial charge < -0.3 is 10.0 Å². The molecule has 2 aromatic carbocycles. The van der Waals surface area contributed by atoms with Crippen LogP contribution >= 0.6 is 0 Å². The monoisotopic (exact) mass is 410 g/mol. The number of carbonyl (C=O) groups is 2. The molecule has 7 heteroatoms. The van der Waals surface area contributed by atoms with Crippen LogP contribution in [0.4, 0.5) is 11.4 Å². The molecule has 2 aromatic rings. The summed E-state index contributed by atoms with van der Waals surface area (Å²) in [5, 5.41) is 21.9. The molecule has 1 amide bonds. The van der Waals surface area contributed by atoms with Gasteiger partial charge >= 0.3 is 0 Å². The Balaban J connectivity index is 2.10. The maximum Gasteiger partial charge on any atom is 0.299 e. The summed E-state index contributed by atoms with van der Waals surface area (Å²) < 4.78 is 0. The van der Waals surface area contributed by atoms with Crippen molar-refractivity contribution in [2.45, 2.75) is 58.9 Å². The van der Waals surface area contributed by atoms with Gasteiger partial charge in [0.05, 0.1) is 22.7 Å². The number of amides is 1. The third-order valence-corrected chi connectivity index (χ3v) is 5.29. The van der Waals surface area contributed by atoms with Gasteiger partial charge in [-0.25, -0.2) is 0 Å².